The Kier molecular flexibility index (Phi) is 3.80. The minimum absolute atomic E-state index is 0.299. The van der Waals surface area contributed by atoms with E-state index in [1.807, 2.05) is 61.0 Å². The molecule has 0 unspecified atom stereocenters. The van der Waals surface area contributed by atoms with Crippen molar-refractivity contribution in [3.8, 4) is 0 Å². The van der Waals surface area contributed by atoms with Crippen LogP contribution in [0.1, 0.15) is 29.1 Å². The fraction of sp³-hybridized carbons (Fsp3) is 0.150. The second-order valence-electron chi connectivity index (χ2n) is 6.31. The zero-order valence-corrected chi connectivity index (χ0v) is 14.5. The van der Waals surface area contributed by atoms with Gasteiger partial charge in [-0.1, -0.05) is 30.3 Å². The van der Waals surface area contributed by atoms with Crippen molar-refractivity contribution in [2.75, 3.05) is 0 Å². The van der Waals surface area contributed by atoms with Crippen LogP contribution < -0.4 is 10.9 Å². The number of aryl methyl sites for hydroxylation is 1. The molecule has 0 fully saturated rings. The Bertz CT molecular complexity index is 1190. The zero-order chi connectivity index (χ0) is 18.3. The molecule has 0 aliphatic rings. The van der Waals surface area contributed by atoms with Crippen LogP contribution in [0, 0.1) is 0 Å². The van der Waals surface area contributed by atoms with Crippen molar-refractivity contribution in [1.29, 1.82) is 0 Å². The highest BCUT2D eigenvalue weighted by molar-refractivity contribution is 6.06. The number of carbonyl (C=O) groups is 1. The number of amides is 1. The molecule has 1 amide bonds. The van der Waals surface area contributed by atoms with E-state index in [-0.39, 0.29) is 17.5 Å². The first-order chi connectivity index (χ1) is 12.5. The topological polar surface area (TPSA) is 79.8 Å². The van der Waals surface area contributed by atoms with Gasteiger partial charge >= 0.3 is 0 Å². The maximum Gasteiger partial charge on any atom is 0.252 e. The molecule has 0 saturated heterocycles. The van der Waals surface area contributed by atoms with Crippen LogP contribution in [-0.4, -0.2) is 20.4 Å². The predicted octanol–water partition coefficient (Wildman–Crippen LogP) is 2.91. The van der Waals surface area contributed by atoms with Crippen LogP contribution in [0.25, 0.3) is 21.9 Å². The van der Waals surface area contributed by atoms with Crippen LogP contribution in [0.2, 0.25) is 0 Å². The molecule has 6 nitrogen and oxygen atoms in total. The van der Waals surface area contributed by atoms with Gasteiger partial charge in [-0.05, 0) is 25.1 Å². The monoisotopic (exact) mass is 346 g/mol. The lowest BCUT2D eigenvalue weighted by Gasteiger charge is -2.15. The minimum Gasteiger partial charge on any atom is -0.342 e. The van der Waals surface area contributed by atoms with Gasteiger partial charge in [-0.3, -0.25) is 9.59 Å². The maximum atomic E-state index is 12.8. The van der Waals surface area contributed by atoms with Crippen molar-refractivity contribution in [2.45, 2.75) is 13.0 Å². The van der Waals surface area contributed by atoms with Gasteiger partial charge in [-0.25, -0.2) is 4.98 Å². The summed E-state index contributed by atoms with van der Waals surface area (Å²) < 4.78 is 1.97. The molecule has 0 radical (unpaired) electrons. The highest BCUT2D eigenvalue weighted by Crippen LogP contribution is 2.20. The van der Waals surface area contributed by atoms with Crippen molar-refractivity contribution >= 4 is 27.8 Å². The Morgan fingerprint density at radius 2 is 1.88 bits per heavy atom. The second-order valence-corrected chi connectivity index (χ2v) is 6.31. The van der Waals surface area contributed by atoms with Crippen molar-refractivity contribution in [1.82, 2.24) is 19.9 Å². The fourth-order valence-corrected chi connectivity index (χ4v) is 3.28. The first kappa shape index (κ1) is 16.1. The van der Waals surface area contributed by atoms with Crippen LogP contribution >= 0.6 is 0 Å². The number of H-pyrrole nitrogens is 1. The molecule has 6 heteroatoms. The second kappa shape index (κ2) is 6.15. The van der Waals surface area contributed by atoms with Gasteiger partial charge in [0.15, 0.2) is 0 Å². The highest BCUT2D eigenvalue weighted by atomic mass is 16.2. The standard InChI is InChI=1S/C20H18N4O2/c1-12(19-23-16-9-5-6-10-17(16)24(19)2)21-20(26)14-11-18(25)22-15-8-4-3-7-13(14)15/h3-12H,1-2H3,(H,21,26)(H,22,25)/t12-/m1/s1. The molecule has 26 heavy (non-hydrogen) atoms. The van der Waals surface area contributed by atoms with Crippen molar-refractivity contribution < 1.29 is 4.79 Å². The van der Waals surface area contributed by atoms with Crippen molar-refractivity contribution in [2.24, 2.45) is 7.05 Å². The molecule has 0 bridgehead atoms. The maximum absolute atomic E-state index is 12.8. The lowest BCUT2D eigenvalue weighted by Crippen LogP contribution is -2.29. The van der Waals surface area contributed by atoms with E-state index < -0.39 is 0 Å². The number of aromatic amines is 1. The van der Waals surface area contributed by atoms with E-state index in [1.54, 1.807) is 6.07 Å². The summed E-state index contributed by atoms with van der Waals surface area (Å²) in [4.78, 5) is 32.1. The number of hydrogen-bond donors (Lipinski definition) is 2. The number of carbonyl (C=O) groups excluding carboxylic acids is 1. The summed E-state index contributed by atoms with van der Waals surface area (Å²) in [5, 5.41) is 3.67. The summed E-state index contributed by atoms with van der Waals surface area (Å²) in [5.41, 5.74) is 2.58. The van der Waals surface area contributed by atoms with E-state index in [0.29, 0.717) is 16.5 Å². The van der Waals surface area contributed by atoms with E-state index in [1.165, 1.54) is 6.07 Å². The van der Waals surface area contributed by atoms with Crippen LogP contribution in [0.3, 0.4) is 0 Å². The van der Waals surface area contributed by atoms with Crippen molar-refractivity contribution in [3.63, 3.8) is 0 Å². The first-order valence-corrected chi connectivity index (χ1v) is 8.39. The zero-order valence-electron chi connectivity index (χ0n) is 14.5. The van der Waals surface area contributed by atoms with Gasteiger partial charge in [0.05, 0.1) is 22.6 Å². The van der Waals surface area contributed by atoms with Crippen LogP contribution in [-0.2, 0) is 7.05 Å². The molecule has 4 aromatic rings. The summed E-state index contributed by atoms with van der Waals surface area (Å²) in [6.07, 6.45) is 0. The number of pyridine rings is 1. The highest BCUT2D eigenvalue weighted by Gasteiger charge is 2.19. The average Bonchev–Trinajstić information content (AvgIpc) is 2.98. The van der Waals surface area contributed by atoms with Gasteiger partial charge in [-0.15, -0.1) is 0 Å². The van der Waals surface area contributed by atoms with Crippen LogP contribution in [0.4, 0.5) is 0 Å². The Morgan fingerprint density at radius 3 is 2.69 bits per heavy atom. The number of benzene rings is 2. The number of nitrogens with one attached hydrogen (secondary N) is 2. The molecule has 2 heterocycles. The lowest BCUT2D eigenvalue weighted by atomic mass is 10.1. The summed E-state index contributed by atoms with van der Waals surface area (Å²) >= 11 is 0. The van der Waals surface area contributed by atoms with Gasteiger partial charge in [0.2, 0.25) is 5.56 Å². The Balaban J connectivity index is 1.70. The van der Waals surface area contributed by atoms with Crippen LogP contribution in [0.15, 0.2) is 59.4 Å². The fourth-order valence-electron chi connectivity index (χ4n) is 3.28. The number of para-hydroxylation sites is 3. The number of fused-ring (bicyclic) bond motifs is 2. The third-order valence-corrected chi connectivity index (χ3v) is 4.55. The number of nitrogens with zero attached hydrogens (tertiary/aromatic N) is 2. The molecule has 1 atom stereocenters. The average molecular weight is 346 g/mol. The van der Waals surface area contributed by atoms with Gasteiger partial charge in [-0.2, -0.15) is 0 Å². The molecule has 0 saturated carbocycles. The molecule has 2 aromatic carbocycles. The first-order valence-electron chi connectivity index (χ1n) is 8.39. The molecular weight excluding hydrogens is 328 g/mol. The van der Waals surface area contributed by atoms with E-state index in [9.17, 15) is 9.59 Å². The molecule has 4 rings (SSSR count). The summed E-state index contributed by atoms with van der Waals surface area (Å²) in [6.45, 7) is 1.88. The summed E-state index contributed by atoms with van der Waals surface area (Å²) in [6, 6.07) is 16.1. The number of imidazole rings is 1. The SMILES string of the molecule is C[C@@H](NC(=O)c1cc(=O)[nH]c2ccccc12)c1nc2ccccc2n1C. The molecule has 0 aliphatic heterocycles. The summed E-state index contributed by atoms with van der Waals surface area (Å²) in [5.74, 6) is 0.459. The van der Waals surface area contributed by atoms with E-state index in [0.717, 1.165) is 16.9 Å². The van der Waals surface area contributed by atoms with Gasteiger partial charge < -0.3 is 14.9 Å². The molecule has 2 aromatic heterocycles. The molecule has 2 N–H and O–H groups in total. The Labute approximate surface area is 149 Å². The Morgan fingerprint density at radius 1 is 1.15 bits per heavy atom. The lowest BCUT2D eigenvalue weighted by molar-refractivity contribution is 0.0939. The molecule has 0 aliphatic carbocycles. The third-order valence-electron chi connectivity index (χ3n) is 4.55. The van der Waals surface area contributed by atoms with E-state index >= 15 is 0 Å². The van der Waals surface area contributed by atoms with Crippen LogP contribution in [0.5, 0.6) is 0 Å². The number of rotatable bonds is 3. The van der Waals surface area contributed by atoms with E-state index in [2.05, 4.69) is 15.3 Å². The largest absolute Gasteiger partial charge is 0.342 e. The van der Waals surface area contributed by atoms with Crippen molar-refractivity contribution in [3.05, 3.63) is 76.3 Å². The quantitative estimate of drug-likeness (QED) is 0.598. The number of aromatic nitrogens is 3. The number of hydrogen-bond acceptors (Lipinski definition) is 3. The summed E-state index contributed by atoms with van der Waals surface area (Å²) in [7, 11) is 1.93. The van der Waals surface area contributed by atoms with Gasteiger partial charge in [0.1, 0.15) is 5.82 Å². The Hall–Kier alpha value is -3.41. The molecule has 0 spiro atoms. The smallest absolute Gasteiger partial charge is 0.252 e. The van der Waals surface area contributed by atoms with Gasteiger partial charge in [0.25, 0.3) is 5.91 Å². The molecule has 130 valence electrons. The van der Waals surface area contributed by atoms with E-state index in [4.69, 9.17) is 0 Å². The minimum atomic E-state index is -0.307. The third kappa shape index (κ3) is 2.65. The normalized spacial score (nSPS) is 12.4. The van der Waals surface area contributed by atoms with Gasteiger partial charge in [0, 0.05) is 24.0 Å². The predicted molar refractivity (Wildman–Crippen MR) is 101 cm³/mol. The molecular formula is C20H18N4O2.